The predicted molar refractivity (Wildman–Crippen MR) is 95.1 cm³/mol. The van der Waals surface area contributed by atoms with Crippen molar-refractivity contribution in [2.45, 2.75) is 13.8 Å². The third-order valence-electron chi connectivity index (χ3n) is 3.33. The maximum Gasteiger partial charge on any atom is 0.340 e. The number of benzene rings is 1. The molecular formula is C18H18N2O6. The number of hydrogen-bond acceptors (Lipinski definition) is 7. The molecule has 8 nitrogen and oxygen atoms in total. The van der Waals surface area contributed by atoms with Crippen LogP contribution in [0.2, 0.25) is 0 Å². The minimum absolute atomic E-state index is 0.00103. The van der Waals surface area contributed by atoms with Gasteiger partial charge >= 0.3 is 5.97 Å². The summed E-state index contributed by atoms with van der Waals surface area (Å²) in [6.07, 6.45) is 4.27. The molecule has 1 N–H and O–H groups in total. The first-order valence-electron chi connectivity index (χ1n) is 7.91. The van der Waals surface area contributed by atoms with Crippen molar-refractivity contribution in [3.05, 3.63) is 57.4 Å². The molecule has 2 aromatic rings. The second-order valence-electron chi connectivity index (χ2n) is 5.10. The van der Waals surface area contributed by atoms with E-state index >= 15 is 0 Å². The van der Waals surface area contributed by atoms with Gasteiger partial charge in [-0.15, -0.1) is 0 Å². The molecule has 0 aliphatic heterocycles. The molecule has 0 amide bonds. The van der Waals surface area contributed by atoms with Crippen molar-refractivity contribution < 1.29 is 24.3 Å². The molecule has 0 spiro atoms. The van der Waals surface area contributed by atoms with Crippen LogP contribution in [0.15, 0.2) is 30.5 Å². The number of nitro groups is 1. The number of esters is 1. The lowest BCUT2D eigenvalue weighted by atomic mass is 10.1. The molecule has 8 heteroatoms. The van der Waals surface area contributed by atoms with Crippen LogP contribution < -0.4 is 4.74 Å². The normalized spacial score (nSPS) is 10.7. The zero-order chi connectivity index (χ0) is 19.1. The number of rotatable bonds is 7. The van der Waals surface area contributed by atoms with E-state index in [1.54, 1.807) is 32.1 Å². The van der Waals surface area contributed by atoms with Crippen LogP contribution in [-0.4, -0.2) is 34.2 Å². The van der Waals surface area contributed by atoms with Gasteiger partial charge in [-0.3, -0.25) is 10.1 Å². The Labute approximate surface area is 149 Å². The predicted octanol–water partition coefficient (Wildman–Crippen LogP) is 3.44. The summed E-state index contributed by atoms with van der Waals surface area (Å²) in [5.74, 6) is -0.342. The van der Waals surface area contributed by atoms with Gasteiger partial charge in [0.2, 0.25) is 0 Å². The van der Waals surface area contributed by atoms with Gasteiger partial charge in [-0.25, -0.2) is 9.78 Å². The molecule has 0 radical (unpaired) electrons. The van der Waals surface area contributed by atoms with E-state index in [2.05, 4.69) is 4.98 Å². The first-order chi connectivity index (χ1) is 12.5. The average Bonchev–Trinajstić information content (AvgIpc) is 2.62. The van der Waals surface area contributed by atoms with Crippen molar-refractivity contribution >= 4 is 23.8 Å². The summed E-state index contributed by atoms with van der Waals surface area (Å²) >= 11 is 0. The highest BCUT2D eigenvalue weighted by atomic mass is 16.6. The summed E-state index contributed by atoms with van der Waals surface area (Å²) in [6.45, 7) is 3.98. The molecule has 0 saturated heterocycles. The molecule has 1 heterocycles. The maximum absolute atomic E-state index is 12.1. The Morgan fingerprint density at radius 2 is 2.04 bits per heavy atom. The largest absolute Gasteiger partial charge is 0.504 e. The zero-order valence-electron chi connectivity index (χ0n) is 14.3. The van der Waals surface area contributed by atoms with Crippen molar-refractivity contribution in [3.63, 3.8) is 0 Å². The molecule has 1 aromatic carbocycles. The number of nitrogens with zero attached hydrogens (tertiary/aromatic N) is 2. The Kier molecular flexibility index (Phi) is 6.26. The Morgan fingerprint density at radius 1 is 1.27 bits per heavy atom. The number of hydrogen-bond donors (Lipinski definition) is 1. The van der Waals surface area contributed by atoms with Crippen LogP contribution in [0.25, 0.3) is 12.2 Å². The molecular weight excluding hydrogens is 340 g/mol. The summed E-state index contributed by atoms with van der Waals surface area (Å²) < 4.78 is 10.3. The summed E-state index contributed by atoms with van der Waals surface area (Å²) in [7, 11) is 0. The van der Waals surface area contributed by atoms with Gasteiger partial charge in [0, 0.05) is 6.07 Å². The topological polar surface area (TPSA) is 112 Å². The monoisotopic (exact) mass is 358 g/mol. The first kappa shape index (κ1) is 18.9. The number of phenolic OH excluding ortho intramolecular Hbond substituents is 1. The summed E-state index contributed by atoms with van der Waals surface area (Å²) in [5, 5.41) is 20.6. The molecule has 0 bridgehead atoms. The quantitative estimate of drug-likeness (QED) is 0.458. The van der Waals surface area contributed by atoms with Crippen LogP contribution in [0.3, 0.4) is 0 Å². The molecule has 0 atom stereocenters. The smallest absolute Gasteiger partial charge is 0.340 e. The highest BCUT2D eigenvalue weighted by Gasteiger charge is 2.17. The Hall–Kier alpha value is -3.42. The maximum atomic E-state index is 12.1. The minimum atomic E-state index is -0.691. The number of carbonyl (C=O) groups excluding carboxylic acids is 1. The van der Waals surface area contributed by atoms with Crippen molar-refractivity contribution in [2.75, 3.05) is 13.2 Å². The van der Waals surface area contributed by atoms with E-state index in [0.29, 0.717) is 17.9 Å². The van der Waals surface area contributed by atoms with Crippen molar-refractivity contribution in [1.29, 1.82) is 0 Å². The molecule has 1 aromatic heterocycles. The van der Waals surface area contributed by atoms with Crippen LogP contribution in [0, 0.1) is 10.1 Å². The first-order valence-corrected chi connectivity index (χ1v) is 7.91. The van der Waals surface area contributed by atoms with Crippen molar-refractivity contribution in [2.24, 2.45) is 0 Å². The second kappa shape index (κ2) is 8.61. The van der Waals surface area contributed by atoms with E-state index in [4.69, 9.17) is 9.47 Å². The number of phenols is 1. The van der Waals surface area contributed by atoms with Gasteiger partial charge in [0.25, 0.3) is 5.69 Å². The van der Waals surface area contributed by atoms with E-state index in [0.717, 1.165) is 12.3 Å². The summed E-state index contributed by atoms with van der Waals surface area (Å²) in [5.41, 5.74) is 0.635. The number of ether oxygens (including phenoxy) is 2. The Bertz CT molecular complexity index is 848. The van der Waals surface area contributed by atoms with Gasteiger partial charge in [-0.05, 0) is 37.6 Å². The van der Waals surface area contributed by atoms with E-state index < -0.39 is 10.9 Å². The van der Waals surface area contributed by atoms with Crippen LogP contribution in [-0.2, 0) is 4.74 Å². The van der Waals surface area contributed by atoms with Gasteiger partial charge in [0.15, 0.2) is 11.5 Å². The third-order valence-corrected chi connectivity index (χ3v) is 3.33. The SMILES string of the molecule is CCOC(=O)c1cc([N+](=O)[O-])cnc1/C=C/c1ccc(O)c(OCC)c1. The fourth-order valence-corrected chi connectivity index (χ4v) is 2.15. The lowest BCUT2D eigenvalue weighted by Gasteiger charge is -2.07. The lowest BCUT2D eigenvalue weighted by Crippen LogP contribution is -2.08. The Morgan fingerprint density at radius 3 is 2.69 bits per heavy atom. The molecule has 26 heavy (non-hydrogen) atoms. The van der Waals surface area contributed by atoms with Gasteiger partial charge in [0.05, 0.1) is 29.4 Å². The number of aromatic nitrogens is 1. The fraction of sp³-hybridized carbons (Fsp3) is 0.222. The number of aromatic hydroxyl groups is 1. The van der Waals surface area contributed by atoms with Gasteiger partial charge < -0.3 is 14.6 Å². The average molecular weight is 358 g/mol. The second-order valence-corrected chi connectivity index (χ2v) is 5.10. The highest BCUT2D eigenvalue weighted by Crippen LogP contribution is 2.28. The van der Waals surface area contributed by atoms with E-state index in [9.17, 15) is 20.0 Å². The molecule has 0 unspecified atom stereocenters. The van der Waals surface area contributed by atoms with Gasteiger partial charge in [-0.2, -0.15) is 0 Å². The van der Waals surface area contributed by atoms with Gasteiger partial charge in [0.1, 0.15) is 6.20 Å². The lowest BCUT2D eigenvalue weighted by molar-refractivity contribution is -0.385. The van der Waals surface area contributed by atoms with Crippen molar-refractivity contribution in [3.8, 4) is 11.5 Å². The fourth-order valence-electron chi connectivity index (χ4n) is 2.15. The van der Waals surface area contributed by atoms with Gasteiger partial charge in [-0.1, -0.05) is 12.1 Å². The highest BCUT2D eigenvalue weighted by molar-refractivity contribution is 5.94. The van der Waals surface area contributed by atoms with Crippen LogP contribution in [0.4, 0.5) is 5.69 Å². The summed E-state index contributed by atoms with van der Waals surface area (Å²) in [4.78, 5) is 26.3. The molecule has 0 aliphatic rings. The standard InChI is InChI=1S/C18H18N2O6/c1-3-25-17-9-12(6-8-16(17)21)5-7-15-14(18(22)26-4-2)10-13(11-19-15)20(23)24/h5-11,21H,3-4H2,1-2H3/b7-5+. The van der Waals surface area contributed by atoms with E-state index in [1.165, 1.54) is 12.1 Å². The van der Waals surface area contributed by atoms with Crippen molar-refractivity contribution in [1.82, 2.24) is 4.98 Å². The van der Waals surface area contributed by atoms with Crippen LogP contribution >= 0.6 is 0 Å². The van der Waals surface area contributed by atoms with Crippen LogP contribution in [0.1, 0.15) is 35.5 Å². The number of carbonyl (C=O) groups is 1. The van der Waals surface area contributed by atoms with Crippen LogP contribution in [0.5, 0.6) is 11.5 Å². The molecule has 0 fully saturated rings. The minimum Gasteiger partial charge on any atom is -0.504 e. The molecule has 2 rings (SSSR count). The molecule has 0 saturated carbocycles. The molecule has 136 valence electrons. The van der Waals surface area contributed by atoms with E-state index in [-0.39, 0.29) is 29.3 Å². The van der Waals surface area contributed by atoms with E-state index in [1.807, 2.05) is 0 Å². The summed E-state index contributed by atoms with van der Waals surface area (Å²) in [6, 6.07) is 5.90. The zero-order valence-corrected chi connectivity index (χ0v) is 14.3. The Balaban J connectivity index is 2.38. The third kappa shape index (κ3) is 4.56. The number of pyridine rings is 1. The molecule has 0 aliphatic carbocycles.